The molecule has 1 aliphatic heterocycles. The predicted molar refractivity (Wildman–Crippen MR) is 113 cm³/mol. The summed E-state index contributed by atoms with van der Waals surface area (Å²) in [6.45, 7) is 2.05. The molecule has 0 atom stereocenters. The summed E-state index contributed by atoms with van der Waals surface area (Å²) in [5.41, 5.74) is 9.01. The van der Waals surface area contributed by atoms with E-state index < -0.39 is 0 Å². The topological polar surface area (TPSA) is 108 Å². The van der Waals surface area contributed by atoms with E-state index in [-0.39, 0.29) is 24.1 Å². The molecule has 3 aromatic carbocycles. The molecular weight excluding hydrogens is 368 g/mol. The minimum atomic E-state index is -0.360. The van der Waals surface area contributed by atoms with Crippen molar-refractivity contribution >= 4 is 45.5 Å². The number of nitrogens with zero attached hydrogens (tertiary/aromatic N) is 2. The van der Waals surface area contributed by atoms with Gasteiger partial charge in [0.25, 0.3) is 0 Å². The maximum absolute atomic E-state index is 13.0. The molecule has 3 aromatic rings. The van der Waals surface area contributed by atoms with Gasteiger partial charge in [0.2, 0.25) is 11.8 Å². The Hall–Kier alpha value is -3.87. The number of amidine groups is 1. The molecule has 7 nitrogen and oxygen atoms in total. The fourth-order valence-corrected chi connectivity index (χ4v) is 3.71. The van der Waals surface area contributed by atoms with Crippen molar-refractivity contribution in [2.45, 2.75) is 19.8 Å². The molecule has 0 bridgehead atoms. The summed E-state index contributed by atoms with van der Waals surface area (Å²) in [7, 11) is 0. The first-order valence-corrected chi connectivity index (χ1v) is 9.29. The summed E-state index contributed by atoms with van der Waals surface area (Å²) in [6.07, 6.45) is 0.492. The molecule has 0 aromatic heterocycles. The highest BCUT2D eigenvalue weighted by Gasteiger charge is 2.29. The van der Waals surface area contributed by atoms with Gasteiger partial charge in [0.1, 0.15) is 6.42 Å². The minimum absolute atomic E-state index is 0.0590. The fraction of sp³-hybridized carbons (Fsp3) is 0.136. The molecule has 0 spiro atoms. The van der Waals surface area contributed by atoms with Crippen molar-refractivity contribution in [3.8, 4) is 0 Å². The molecule has 29 heavy (non-hydrogen) atoms. The molecule has 4 N–H and O–H groups in total. The van der Waals surface area contributed by atoms with E-state index in [1.165, 1.54) is 4.90 Å². The number of nitrogens with two attached hydrogens (primary N) is 1. The zero-order valence-electron chi connectivity index (χ0n) is 15.8. The van der Waals surface area contributed by atoms with Crippen molar-refractivity contribution in [3.05, 3.63) is 65.7 Å². The lowest BCUT2D eigenvalue weighted by Gasteiger charge is -2.25. The van der Waals surface area contributed by atoms with Crippen molar-refractivity contribution in [2.24, 2.45) is 10.9 Å². The third-order valence-corrected chi connectivity index (χ3v) is 5.06. The van der Waals surface area contributed by atoms with Gasteiger partial charge in [-0.3, -0.25) is 14.5 Å². The number of anilines is 3. The van der Waals surface area contributed by atoms with E-state index in [2.05, 4.69) is 17.4 Å². The van der Waals surface area contributed by atoms with Gasteiger partial charge in [0, 0.05) is 16.6 Å². The second kappa shape index (κ2) is 7.27. The quantitative estimate of drug-likeness (QED) is 0.210. The van der Waals surface area contributed by atoms with Gasteiger partial charge in [-0.25, -0.2) is 0 Å². The van der Waals surface area contributed by atoms with Crippen LogP contribution in [-0.2, 0) is 16.0 Å². The summed E-state index contributed by atoms with van der Waals surface area (Å²) in [4.78, 5) is 27.0. The Bertz CT molecular complexity index is 1170. The Balaban J connectivity index is 2.01. The van der Waals surface area contributed by atoms with E-state index in [9.17, 15) is 9.59 Å². The number of nitrogens with one attached hydrogen (secondary N) is 1. The van der Waals surface area contributed by atoms with Crippen molar-refractivity contribution < 1.29 is 14.8 Å². The van der Waals surface area contributed by atoms with Gasteiger partial charge >= 0.3 is 0 Å². The van der Waals surface area contributed by atoms with Gasteiger partial charge in [-0.05, 0) is 35.6 Å². The minimum Gasteiger partial charge on any atom is -0.409 e. The average molecular weight is 388 g/mol. The second-order valence-electron chi connectivity index (χ2n) is 6.82. The number of rotatable bonds is 3. The average Bonchev–Trinajstić information content (AvgIpc) is 2.87. The number of oxime groups is 1. The molecule has 7 heteroatoms. The standard InChI is InChI=1S/C22H20N4O3/c1-2-13-11-18-21(17-9-4-3-8-16(13)17)24-19(27)12-20(28)26(18)15-7-5-6-14(10-15)22(23)25-29/h3-11,29H,2,12H2,1H3,(H2,23,25)(H,24,27). The number of aryl methyl sites for hydroxylation is 1. The van der Waals surface area contributed by atoms with E-state index in [0.717, 1.165) is 22.8 Å². The van der Waals surface area contributed by atoms with Gasteiger partial charge in [-0.1, -0.05) is 48.5 Å². The maximum atomic E-state index is 13.0. The van der Waals surface area contributed by atoms with Crippen LogP contribution in [-0.4, -0.2) is 22.9 Å². The van der Waals surface area contributed by atoms with Gasteiger partial charge < -0.3 is 16.3 Å². The van der Waals surface area contributed by atoms with Crippen LogP contribution in [0.3, 0.4) is 0 Å². The summed E-state index contributed by atoms with van der Waals surface area (Å²) < 4.78 is 0. The van der Waals surface area contributed by atoms with Crippen LogP contribution in [0.1, 0.15) is 24.5 Å². The second-order valence-corrected chi connectivity index (χ2v) is 6.82. The molecule has 0 saturated heterocycles. The Morgan fingerprint density at radius 3 is 2.62 bits per heavy atom. The number of carbonyl (C=O) groups excluding carboxylic acids is 2. The molecule has 1 heterocycles. The molecule has 0 aliphatic carbocycles. The number of hydrogen-bond donors (Lipinski definition) is 3. The Morgan fingerprint density at radius 2 is 1.90 bits per heavy atom. The van der Waals surface area contributed by atoms with E-state index in [0.29, 0.717) is 22.6 Å². The molecule has 0 radical (unpaired) electrons. The third kappa shape index (κ3) is 3.16. The Kier molecular flexibility index (Phi) is 4.64. The van der Waals surface area contributed by atoms with Crippen LogP contribution in [0, 0.1) is 0 Å². The lowest BCUT2D eigenvalue weighted by molar-refractivity contribution is -0.124. The van der Waals surface area contributed by atoms with E-state index >= 15 is 0 Å². The first kappa shape index (κ1) is 18.5. The maximum Gasteiger partial charge on any atom is 0.241 e. The van der Waals surface area contributed by atoms with E-state index in [1.54, 1.807) is 24.3 Å². The number of benzene rings is 3. The normalized spacial score (nSPS) is 14.5. The van der Waals surface area contributed by atoms with Crippen LogP contribution >= 0.6 is 0 Å². The van der Waals surface area contributed by atoms with Crippen molar-refractivity contribution in [3.63, 3.8) is 0 Å². The van der Waals surface area contributed by atoms with Crippen LogP contribution in [0.25, 0.3) is 10.8 Å². The van der Waals surface area contributed by atoms with E-state index in [1.807, 2.05) is 30.3 Å². The van der Waals surface area contributed by atoms with E-state index in [4.69, 9.17) is 10.9 Å². The van der Waals surface area contributed by atoms with Crippen LogP contribution < -0.4 is 16.0 Å². The SMILES string of the molecule is CCc1cc2c(c3ccccc13)NC(=O)CC(=O)N2c1cccc(/C(N)=N/O)c1. The Labute approximate surface area is 167 Å². The van der Waals surface area contributed by atoms with Crippen molar-refractivity contribution in [1.29, 1.82) is 0 Å². The Morgan fingerprint density at radius 1 is 1.14 bits per heavy atom. The largest absolute Gasteiger partial charge is 0.409 e. The lowest BCUT2D eigenvalue weighted by Crippen LogP contribution is -2.27. The highest BCUT2D eigenvalue weighted by atomic mass is 16.4. The van der Waals surface area contributed by atoms with Crippen LogP contribution in [0.15, 0.2) is 59.8 Å². The van der Waals surface area contributed by atoms with Crippen LogP contribution in [0.2, 0.25) is 0 Å². The molecule has 4 rings (SSSR count). The van der Waals surface area contributed by atoms with Gasteiger partial charge in [0.15, 0.2) is 5.84 Å². The van der Waals surface area contributed by atoms with Gasteiger partial charge in [0.05, 0.1) is 11.4 Å². The first-order chi connectivity index (χ1) is 14.0. The molecule has 146 valence electrons. The van der Waals surface area contributed by atoms with Crippen LogP contribution in [0.5, 0.6) is 0 Å². The summed E-state index contributed by atoms with van der Waals surface area (Å²) >= 11 is 0. The highest BCUT2D eigenvalue weighted by molar-refractivity contribution is 6.21. The van der Waals surface area contributed by atoms with Crippen LogP contribution in [0.4, 0.5) is 17.1 Å². The first-order valence-electron chi connectivity index (χ1n) is 9.29. The summed E-state index contributed by atoms with van der Waals surface area (Å²) in [5, 5.41) is 16.8. The molecule has 2 amide bonds. The lowest BCUT2D eigenvalue weighted by atomic mass is 9.98. The summed E-state index contributed by atoms with van der Waals surface area (Å²) in [5.74, 6) is -0.771. The zero-order valence-corrected chi connectivity index (χ0v) is 15.8. The fourth-order valence-electron chi connectivity index (χ4n) is 3.71. The molecule has 1 aliphatic rings. The molecule has 0 saturated carbocycles. The number of amides is 2. The number of hydrogen-bond acceptors (Lipinski definition) is 4. The number of carbonyl (C=O) groups is 2. The number of fused-ring (bicyclic) bond motifs is 3. The van der Waals surface area contributed by atoms with Crippen molar-refractivity contribution in [2.75, 3.05) is 10.2 Å². The monoisotopic (exact) mass is 388 g/mol. The molecule has 0 fully saturated rings. The zero-order chi connectivity index (χ0) is 20.5. The highest BCUT2D eigenvalue weighted by Crippen LogP contribution is 2.41. The summed E-state index contributed by atoms with van der Waals surface area (Å²) in [6, 6.07) is 16.6. The van der Waals surface area contributed by atoms with Gasteiger partial charge in [-0.15, -0.1) is 0 Å². The smallest absolute Gasteiger partial charge is 0.241 e. The molecule has 0 unspecified atom stereocenters. The third-order valence-electron chi connectivity index (χ3n) is 5.06. The molecular formula is C22H20N4O3. The predicted octanol–water partition coefficient (Wildman–Crippen LogP) is 3.50. The van der Waals surface area contributed by atoms with Gasteiger partial charge in [-0.2, -0.15) is 0 Å². The van der Waals surface area contributed by atoms with Crippen molar-refractivity contribution in [1.82, 2.24) is 0 Å².